The van der Waals surface area contributed by atoms with Crippen LogP contribution in [0.25, 0.3) is 0 Å². The Morgan fingerprint density at radius 2 is 2.00 bits per heavy atom. The number of rotatable bonds is 4. The van der Waals surface area contributed by atoms with Crippen molar-refractivity contribution in [3.8, 4) is 0 Å². The summed E-state index contributed by atoms with van der Waals surface area (Å²) in [4.78, 5) is -0.273. The Bertz CT molecular complexity index is 761. The van der Waals surface area contributed by atoms with E-state index in [1.165, 1.54) is 6.07 Å². The summed E-state index contributed by atoms with van der Waals surface area (Å²) in [5, 5.41) is 9.13. The van der Waals surface area contributed by atoms with Crippen molar-refractivity contribution in [2.45, 2.75) is 24.0 Å². The van der Waals surface area contributed by atoms with Crippen molar-refractivity contribution >= 4 is 43.1 Å². The molecule has 0 spiro atoms. The molecule has 10 heteroatoms. The maximum atomic E-state index is 12.3. The topological polar surface area (TPSA) is 101 Å². The van der Waals surface area contributed by atoms with Crippen LogP contribution in [0.1, 0.15) is 12.0 Å². The van der Waals surface area contributed by atoms with Gasteiger partial charge in [0.15, 0.2) is 9.84 Å². The van der Waals surface area contributed by atoms with E-state index >= 15 is 0 Å². The lowest BCUT2D eigenvalue weighted by Crippen LogP contribution is -2.35. The molecular weight excluding hydrogens is 361 g/mol. The summed E-state index contributed by atoms with van der Waals surface area (Å²) in [7, 11) is -7.23. The lowest BCUT2D eigenvalue weighted by molar-refractivity contribution is 0.281. The molecular formula is C11H13Cl2NO5S2. The van der Waals surface area contributed by atoms with E-state index in [0.717, 1.165) is 6.07 Å². The number of hydrogen-bond acceptors (Lipinski definition) is 5. The first kappa shape index (κ1) is 17.0. The van der Waals surface area contributed by atoms with E-state index in [0.29, 0.717) is 0 Å². The zero-order valence-electron chi connectivity index (χ0n) is 10.7. The number of aliphatic hydroxyl groups excluding tert-OH is 1. The lowest BCUT2D eigenvalue weighted by Gasteiger charge is -2.14. The first-order valence-corrected chi connectivity index (χ1v) is 10.0. The van der Waals surface area contributed by atoms with Gasteiger partial charge in [-0.15, -0.1) is 0 Å². The summed E-state index contributed by atoms with van der Waals surface area (Å²) < 4.78 is 49.7. The van der Waals surface area contributed by atoms with Crippen LogP contribution >= 0.6 is 23.2 Å². The molecule has 1 aliphatic heterocycles. The van der Waals surface area contributed by atoms with Gasteiger partial charge in [-0.1, -0.05) is 23.2 Å². The SMILES string of the molecule is O=S1(=O)CCC(NS(=O)(=O)c2cc(Cl)cc(CO)c2Cl)C1. The monoisotopic (exact) mass is 373 g/mol. The van der Waals surface area contributed by atoms with Gasteiger partial charge in [0.2, 0.25) is 10.0 Å². The third-order valence-electron chi connectivity index (χ3n) is 3.09. The molecule has 1 saturated heterocycles. The van der Waals surface area contributed by atoms with Crippen LogP contribution in [-0.4, -0.2) is 39.5 Å². The molecule has 1 aliphatic rings. The maximum absolute atomic E-state index is 12.3. The van der Waals surface area contributed by atoms with E-state index in [4.69, 9.17) is 28.3 Å². The third kappa shape index (κ3) is 3.88. The van der Waals surface area contributed by atoms with Crippen molar-refractivity contribution < 1.29 is 21.9 Å². The van der Waals surface area contributed by atoms with Crippen LogP contribution in [0, 0.1) is 0 Å². The van der Waals surface area contributed by atoms with Gasteiger partial charge in [0.1, 0.15) is 4.90 Å². The number of sulfonamides is 1. The molecule has 1 heterocycles. The Kier molecular flexibility index (Phi) is 4.87. The van der Waals surface area contributed by atoms with Crippen molar-refractivity contribution in [2.75, 3.05) is 11.5 Å². The van der Waals surface area contributed by atoms with Crippen LogP contribution in [0.15, 0.2) is 17.0 Å². The molecule has 118 valence electrons. The lowest BCUT2D eigenvalue weighted by atomic mass is 10.2. The maximum Gasteiger partial charge on any atom is 0.242 e. The Hall–Kier alpha value is -0.380. The smallest absolute Gasteiger partial charge is 0.242 e. The van der Waals surface area contributed by atoms with Gasteiger partial charge in [-0.25, -0.2) is 21.6 Å². The van der Waals surface area contributed by atoms with Crippen molar-refractivity contribution in [1.29, 1.82) is 0 Å². The summed E-state index contributed by atoms with van der Waals surface area (Å²) in [5.41, 5.74) is 0.184. The number of halogens is 2. The second kappa shape index (κ2) is 6.02. The van der Waals surface area contributed by atoms with E-state index in [-0.39, 0.29) is 38.4 Å². The summed E-state index contributed by atoms with van der Waals surface area (Å²) in [5.74, 6) is -0.289. The average Bonchev–Trinajstić information content (AvgIpc) is 2.70. The standard InChI is InChI=1S/C11H13Cl2NO5S2/c12-8-3-7(5-15)11(13)10(4-8)21(18,19)14-9-1-2-20(16,17)6-9/h3-4,9,14-15H,1-2,5-6H2. The molecule has 0 aromatic heterocycles. The van der Waals surface area contributed by atoms with E-state index in [9.17, 15) is 16.8 Å². The molecule has 0 saturated carbocycles. The summed E-state index contributed by atoms with van der Waals surface area (Å²) in [6.45, 7) is -0.459. The molecule has 1 aromatic rings. The molecule has 0 aliphatic carbocycles. The van der Waals surface area contributed by atoms with Crippen molar-refractivity contribution in [3.63, 3.8) is 0 Å². The van der Waals surface area contributed by atoms with Gasteiger partial charge in [0, 0.05) is 11.1 Å². The van der Waals surface area contributed by atoms with Crippen LogP contribution in [0.3, 0.4) is 0 Å². The molecule has 0 radical (unpaired) electrons. The molecule has 2 rings (SSSR count). The summed E-state index contributed by atoms with van der Waals surface area (Å²) in [6.07, 6.45) is 0.215. The number of hydrogen-bond donors (Lipinski definition) is 2. The number of aliphatic hydroxyl groups is 1. The third-order valence-corrected chi connectivity index (χ3v) is 7.18. The molecule has 1 atom stereocenters. The average molecular weight is 374 g/mol. The molecule has 1 aromatic carbocycles. The minimum Gasteiger partial charge on any atom is -0.392 e. The van der Waals surface area contributed by atoms with E-state index < -0.39 is 32.5 Å². The first-order chi connectivity index (χ1) is 9.64. The largest absolute Gasteiger partial charge is 0.392 e. The minimum atomic E-state index is -4.02. The van der Waals surface area contributed by atoms with Gasteiger partial charge in [0.05, 0.1) is 23.1 Å². The van der Waals surface area contributed by atoms with Crippen molar-refractivity contribution in [1.82, 2.24) is 4.72 Å². The van der Waals surface area contributed by atoms with Crippen LogP contribution in [0.4, 0.5) is 0 Å². The van der Waals surface area contributed by atoms with Crippen molar-refractivity contribution in [2.24, 2.45) is 0 Å². The van der Waals surface area contributed by atoms with Gasteiger partial charge < -0.3 is 5.11 Å². The van der Waals surface area contributed by atoms with Gasteiger partial charge >= 0.3 is 0 Å². The zero-order chi connectivity index (χ0) is 15.8. The molecule has 2 N–H and O–H groups in total. The Labute approximate surface area is 133 Å². The van der Waals surface area contributed by atoms with Crippen LogP contribution in [0.5, 0.6) is 0 Å². The number of nitrogens with one attached hydrogen (secondary N) is 1. The highest BCUT2D eigenvalue weighted by molar-refractivity contribution is 7.92. The Morgan fingerprint density at radius 1 is 1.33 bits per heavy atom. The van der Waals surface area contributed by atoms with Crippen molar-refractivity contribution in [3.05, 3.63) is 27.7 Å². The fraction of sp³-hybridized carbons (Fsp3) is 0.455. The highest BCUT2D eigenvalue weighted by Gasteiger charge is 2.32. The molecule has 0 bridgehead atoms. The predicted molar refractivity (Wildman–Crippen MR) is 79.8 cm³/mol. The van der Waals surface area contributed by atoms with Gasteiger partial charge in [0.25, 0.3) is 0 Å². The summed E-state index contributed by atoms with van der Waals surface area (Å²) in [6, 6.07) is 1.84. The Balaban J connectivity index is 2.34. The minimum absolute atomic E-state index is 0.0502. The highest BCUT2D eigenvalue weighted by atomic mass is 35.5. The zero-order valence-corrected chi connectivity index (χ0v) is 13.9. The number of sulfone groups is 1. The van der Waals surface area contributed by atoms with Gasteiger partial charge in [-0.05, 0) is 24.1 Å². The van der Waals surface area contributed by atoms with Gasteiger partial charge in [-0.2, -0.15) is 0 Å². The highest BCUT2D eigenvalue weighted by Crippen LogP contribution is 2.30. The van der Waals surface area contributed by atoms with E-state index in [1.54, 1.807) is 0 Å². The van der Waals surface area contributed by atoms with Crippen LogP contribution in [-0.2, 0) is 26.5 Å². The Morgan fingerprint density at radius 3 is 2.52 bits per heavy atom. The van der Waals surface area contributed by atoms with E-state index in [2.05, 4.69) is 4.72 Å². The fourth-order valence-corrected chi connectivity index (χ4v) is 6.07. The van der Waals surface area contributed by atoms with Crippen LogP contribution < -0.4 is 4.72 Å². The second-order valence-electron chi connectivity index (χ2n) is 4.76. The van der Waals surface area contributed by atoms with E-state index in [1.807, 2.05) is 0 Å². The molecule has 1 fully saturated rings. The molecule has 6 nitrogen and oxygen atoms in total. The number of benzene rings is 1. The molecule has 1 unspecified atom stereocenters. The van der Waals surface area contributed by atoms with Gasteiger partial charge in [-0.3, -0.25) is 0 Å². The first-order valence-electron chi connectivity index (χ1n) is 5.96. The predicted octanol–water partition coefficient (Wildman–Crippen LogP) is 0.951. The second-order valence-corrected chi connectivity index (χ2v) is 9.48. The molecule has 21 heavy (non-hydrogen) atoms. The van der Waals surface area contributed by atoms with Crippen LogP contribution in [0.2, 0.25) is 10.0 Å². The summed E-state index contributed by atoms with van der Waals surface area (Å²) >= 11 is 11.8. The normalized spacial score (nSPS) is 21.6. The molecule has 0 amide bonds. The quantitative estimate of drug-likeness (QED) is 0.817. The fourth-order valence-electron chi connectivity index (χ4n) is 2.10.